The van der Waals surface area contributed by atoms with Crippen LogP contribution in [0.25, 0.3) is 0 Å². The largest absolute Gasteiger partial charge is 0.399 e. The molecule has 3 N–H and O–H groups in total. The summed E-state index contributed by atoms with van der Waals surface area (Å²) in [6.07, 6.45) is 1.18. The van der Waals surface area contributed by atoms with Gasteiger partial charge in [0, 0.05) is 18.2 Å². The van der Waals surface area contributed by atoms with Crippen molar-refractivity contribution in [3.63, 3.8) is 0 Å². The standard InChI is InChI=1S/C12H17FN2/c13-12(10-2-1-7-15-8-10)9-3-5-11(14)6-4-9/h3-6,10,12,15H,1-2,7-8,14H2. The second-order valence-corrected chi connectivity index (χ2v) is 4.17. The first kappa shape index (κ1) is 10.4. The second kappa shape index (κ2) is 4.62. The first-order valence-corrected chi connectivity index (χ1v) is 5.47. The molecule has 2 atom stereocenters. The van der Waals surface area contributed by atoms with E-state index in [9.17, 15) is 4.39 Å². The molecule has 1 aliphatic heterocycles. The Morgan fingerprint density at radius 1 is 1.33 bits per heavy atom. The summed E-state index contributed by atoms with van der Waals surface area (Å²) in [6.45, 7) is 1.80. The number of piperidine rings is 1. The lowest BCUT2D eigenvalue weighted by Crippen LogP contribution is -2.32. The number of benzene rings is 1. The third-order valence-electron chi connectivity index (χ3n) is 3.00. The molecule has 0 radical (unpaired) electrons. The Bertz CT molecular complexity index is 304. The van der Waals surface area contributed by atoms with E-state index in [0.717, 1.165) is 31.5 Å². The van der Waals surface area contributed by atoms with E-state index in [2.05, 4.69) is 5.32 Å². The summed E-state index contributed by atoms with van der Waals surface area (Å²) in [4.78, 5) is 0. The molecule has 3 heteroatoms. The molecular formula is C12H17FN2. The van der Waals surface area contributed by atoms with Gasteiger partial charge < -0.3 is 11.1 Å². The lowest BCUT2D eigenvalue weighted by Gasteiger charge is -2.26. The molecule has 0 aromatic heterocycles. The van der Waals surface area contributed by atoms with Crippen LogP contribution in [0.4, 0.5) is 10.1 Å². The van der Waals surface area contributed by atoms with Gasteiger partial charge in [0.2, 0.25) is 0 Å². The smallest absolute Gasteiger partial charge is 0.129 e. The molecule has 1 fully saturated rings. The molecule has 1 aliphatic rings. The summed E-state index contributed by atoms with van der Waals surface area (Å²) in [6, 6.07) is 7.10. The van der Waals surface area contributed by atoms with Gasteiger partial charge in [0.25, 0.3) is 0 Å². The molecular weight excluding hydrogens is 191 g/mol. The molecule has 0 saturated carbocycles. The summed E-state index contributed by atoms with van der Waals surface area (Å²) >= 11 is 0. The minimum atomic E-state index is -0.863. The Balaban J connectivity index is 2.05. The summed E-state index contributed by atoms with van der Waals surface area (Å²) in [5.41, 5.74) is 7.01. The maximum absolute atomic E-state index is 14.1. The minimum Gasteiger partial charge on any atom is -0.399 e. The molecule has 1 aromatic carbocycles. The highest BCUT2D eigenvalue weighted by atomic mass is 19.1. The number of hydrogen-bond acceptors (Lipinski definition) is 2. The lowest BCUT2D eigenvalue weighted by molar-refractivity contribution is 0.194. The number of rotatable bonds is 2. The number of hydrogen-bond donors (Lipinski definition) is 2. The molecule has 82 valence electrons. The normalized spacial score (nSPS) is 23.7. The van der Waals surface area contributed by atoms with Crippen molar-refractivity contribution in [2.24, 2.45) is 5.92 Å². The molecule has 0 bridgehead atoms. The molecule has 0 amide bonds. The van der Waals surface area contributed by atoms with Crippen LogP contribution in [0.5, 0.6) is 0 Å². The Labute approximate surface area is 89.7 Å². The third-order valence-corrected chi connectivity index (χ3v) is 3.00. The van der Waals surface area contributed by atoms with E-state index in [4.69, 9.17) is 5.73 Å². The summed E-state index contributed by atoms with van der Waals surface area (Å²) < 4.78 is 14.1. The van der Waals surface area contributed by atoms with Gasteiger partial charge in [0.15, 0.2) is 0 Å². The quantitative estimate of drug-likeness (QED) is 0.732. The number of anilines is 1. The highest BCUT2D eigenvalue weighted by Crippen LogP contribution is 2.30. The zero-order valence-corrected chi connectivity index (χ0v) is 8.75. The van der Waals surface area contributed by atoms with Gasteiger partial charge in [-0.15, -0.1) is 0 Å². The van der Waals surface area contributed by atoms with Crippen molar-refractivity contribution in [2.45, 2.75) is 19.0 Å². The van der Waals surface area contributed by atoms with E-state index >= 15 is 0 Å². The zero-order valence-electron chi connectivity index (χ0n) is 8.75. The fraction of sp³-hybridized carbons (Fsp3) is 0.500. The number of nitrogen functional groups attached to an aromatic ring is 1. The van der Waals surface area contributed by atoms with Crippen molar-refractivity contribution in [3.8, 4) is 0 Å². The zero-order chi connectivity index (χ0) is 10.7. The van der Waals surface area contributed by atoms with Crippen molar-refractivity contribution in [2.75, 3.05) is 18.8 Å². The highest BCUT2D eigenvalue weighted by Gasteiger charge is 2.24. The van der Waals surface area contributed by atoms with Crippen LogP contribution in [0.1, 0.15) is 24.6 Å². The monoisotopic (exact) mass is 208 g/mol. The Hall–Kier alpha value is -1.09. The van der Waals surface area contributed by atoms with Gasteiger partial charge in [-0.1, -0.05) is 12.1 Å². The molecule has 1 heterocycles. The number of nitrogens with two attached hydrogens (primary N) is 1. The Morgan fingerprint density at radius 2 is 2.07 bits per heavy atom. The van der Waals surface area contributed by atoms with Crippen LogP contribution in [0.3, 0.4) is 0 Å². The van der Waals surface area contributed by atoms with E-state index in [1.165, 1.54) is 0 Å². The van der Waals surface area contributed by atoms with Crippen molar-refractivity contribution in [1.29, 1.82) is 0 Å². The minimum absolute atomic E-state index is 0.113. The average Bonchev–Trinajstić information content (AvgIpc) is 2.30. The van der Waals surface area contributed by atoms with Crippen LogP contribution in [0.2, 0.25) is 0 Å². The van der Waals surface area contributed by atoms with Gasteiger partial charge >= 0.3 is 0 Å². The topological polar surface area (TPSA) is 38.0 Å². The molecule has 2 nitrogen and oxygen atoms in total. The van der Waals surface area contributed by atoms with Crippen LogP contribution < -0.4 is 11.1 Å². The van der Waals surface area contributed by atoms with Gasteiger partial charge in [-0.25, -0.2) is 4.39 Å². The van der Waals surface area contributed by atoms with Crippen LogP contribution in [-0.4, -0.2) is 13.1 Å². The summed E-state index contributed by atoms with van der Waals surface area (Å²) in [5, 5.41) is 3.23. The predicted octanol–water partition coefficient (Wildman–Crippen LogP) is 2.28. The highest BCUT2D eigenvalue weighted by molar-refractivity contribution is 5.40. The maximum Gasteiger partial charge on any atom is 0.129 e. The van der Waals surface area contributed by atoms with Crippen molar-refractivity contribution < 1.29 is 4.39 Å². The van der Waals surface area contributed by atoms with Crippen LogP contribution >= 0.6 is 0 Å². The van der Waals surface area contributed by atoms with Gasteiger partial charge in [-0.2, -0.15) is 0 Å². The molecule has 1 saturated heterocycles. The molecule has 0 spiro atoms. The SMILES string of the molecule is Nc1ccc(C(F)C2CCCNC2)cc1. The fourth-order valence-corrected chi connectivity index (χ4v) is 2.08. The number of halogens is 1. The summed E-state index contributed by atoms with van der Waals surface area (Å²) in [5.74, 6) is 0.113. The molecule has 0 aliphatic carbocycles. The predicted molar refractivity (Wildman–Crippen MR) is 60.3 cm³/mol. The first-order valence-electron chi connectivity index (χ1n) is 5.47. The van der Waals surface area contributed by atoms with E-state index in [1.54, 1.807) is 24.3 Å². The van der Waals surface area contributed by atoms with E-state index in [1.807, 2.05) is 0 Å². The van der Waals surface area contributed by atoms with Gasteiger partial charge in [0.1, 0.15) is 6.17 Å². The average molecular weight is 208 g/mol. The van der Waals surface area contributed by atoms with Crippen molar-refractivity contribution >= 4 is 5.69 Å². The summed E-state index contributed by atoms with van der Waals surface area (Å²) in [7, 11) is 0. The van der Waals surface area contributed by atoms with Gasteiger partial charge in [-0.3, -0.25) is 0 Å². The number of nitrogens with one attached hydrogen (secondary N) is 1. The van der Waals surface area contributed by atoms with E-state index in [-0.39, 0.29) is 5.92 Å². The molecule has 15 heavy (non-hydrogen) atoms. The molecule has 2 unspecified atom stereocenters. The second-order valence-electron chi connectivity index (χ2n) is 4.17. The van der Waals surface area contributed by atoms with Crippen molar-refractivity contribution in [1.82, 2.24) is 5.32 Å². The van der Waals surface area contributed by atoms with Gasteiger partial charge in [0.05, 0.1) is 0 Å². The first-order chi connectivity index (χ1) is 7.27. The number of alkyl halides is 1. The van der Waals surface area contributed by atoms with Crippen molar-refractivity contribution in [3.05, 3.63) is 29.8 Å². The van der Waals surface area contributed by atoms with E-state index < -0.39 is 6.17 Å². The molecule has 1 aromatic rings. The molecule has 2 rings (SSSR count). The maximum atomic E-state index is 14.1. The fourth-order valence-electron chi connectivity index (χ4n) is 2.08. The van der Waals surface area contributed by atoms with E-state index in [0.29, 0.717) is 5.69 Å². The van der Waals surface area contributed by atoms with Gasteiger partial charge in [-0.05, 0) is 37.1 Å². The Kier molecular flexibility index (Phi) is 3.21. The third kappa shape index (κ3) is 2.48. The van der Waals surface area contributed by atoms with Crippen LogP contribution in [0.15, 0.2) is 24.3 Å². The van der Waals surface area contributed by atoms with Crippen LogP contribution in [-0.2, 0) is 0 Å². The Morgan fingerprint density at radius 3 is 2.67 bits per heavy atom. The van der Waals surface area contributed by atoms with Crippen LogP contribution in [0, 0.1) is 5.92 Å². The lowest BCUT2D eigenvalue weighted by atomic mass is 9.90.